The molecule has 0 bridgehead atoms. The number of unbranched alkanes of at least 4 members (excludes halogenated alkanes) is 13. The van der Waals surface area contributed by atoms with Gasteiger partial charge in [0.1, 0.15) is 19.0 Å². The van der Waals surface area contributed by atoms with Crippen LogP contribution in [0.3, 0.4) is 0 Å². The van der Waals surface area contributed by atoms with Crippen LogP contribution in [0.15, 0.2) is 17.7 Å². The lowest BCUT2D eigenvalue weighted by molar-refractivity contribution is -0.140. The Morgan fingerprint density at radius 1 is 0.800 bits per heavy atom. The predicted octanol–water partition coefficient (Wildman–Crippen LogP) is 8.14. The Kier molecular flexibility index (Phi) is 25.9. The molecule has 14 nitrogen and oxygen atoms in total. The number of hydrogen-bond acceptors (Lipinski definition) is 14. The fourth-order valence-corrected chi connectivity index (χ4v) is 6.07. The van der Waals surface area contributed by atoms with Gasteiger partial charge < -0.3 is 39.7 Å². The van der Waals surface area contributed by atoms with Crippen molar-refractivity contribution in [1.82, 2.24) is 9.97 Å². The molecule has 0 saturated heterocycles. The van der Waals surface area contributed by atoms with Crippen LogP contribution in [0.2, 0.25) is 0 Å². The van der Waals surface area contributed by atoms with Crippen molar-refractivity contribution in [2.75, 3.05) is 57.5 Å². The summed E-state index contributed by atoms with van der Waals surface area (Å²) in [5.74, 6) is -0.376. The summed E-state index contributed by atoms with van der Waals surface area (Å²) in [4.78, 5) is 31.0. The van der Waals surface area contributed by atoms with Crippen LogP contribution >= 0.6 is 7.60 Å². The van der Waals surface area contributed by atoms with E-state index in [9.17, 15) is 14.2 Å². The van der Waals surface area contributed by atoms with E-state index in [1.54, 1.807) is 13.8 Å². The molecule has 0 amide bonds. The number of ether oxygens (including phenoxy) is 5. The second kappa shape index (κ2) is 28.7. The number of hydrogen-bond donors (Lipinski definition) is 2. The van der Waals surface area contributed by atoms with Crippen molar-refractivity contribution in [3.05, 3.63) is 17.7 Å². The van der Waals surface area contributed by atoms with Crippen LogP contribution in [-0.4, -0.2) is 74.2 Å². The molecular formula is C35H63N4O10P. The van der Waals surface area contributed by atoms with Gasteiger partial charge in [0.25, 0.3) is 0 Å². The van der Waals surface area contributed by atoms with Gasteiger partial charge in [-0.25, -0.2) is 4.79 Å². The minimum absolute atomic E-state index is 0.0728. The summed E-state index contributed by atoms with van der Waals surface area (Å²) in [5.41, 5.74) is 11.8. The first-order chi connectivity index (χ1) is 24.0. The van der Waals surface area contributed by atoms with Gasteiger partial charge >= 0.3 is 19.7 Å². The van der Waals surface area contributed by atoms with Gasteiger partial charge in [-0.1, -0.05) is 96.5 Å². The Morgan fingerprint density at radius 3 is 1.98 bits per heavy atom. The van der Waals surface area contributed by atoms with E-state index in [1.807, 2.05) is 0 Å². The molecule has 0 aromatic carbocycles. The van der Waals surface area contributed by atoms with Crippen LogP contribution in [0.1, 0.15) is 124 Å². The number of nitrogens with zero attached hydrogens (tertiary/aromatic N) is 2. The third kappa shape index (κ3) is 26.0. The number of anilines is 2. The van der Waals surface area contributed by atoms with Gasteiger partial charge in [0.2, 0.25) is 18.6 Å². The fourth-order valence-electron chi connectivity index (χ4n) is 4.69. The van der Waals surface area contributed by atoms with E-state index in [0.717, 1.165) is 12.8 Å². The molecule has 0 aliphatic carbocycles. The van der Waals surface area contributed by atoms with Crippen LogP contribution in [0.25, 0.3) is 0 Å². The van der Waals surface area contributed by atoms with Crippen molar-refractivity contribution in [3.8, 4) is 5.88 Å². The Morgan fingerprint density at radius 2 is 1.40 bits per heavy atom. The summed E-state index contributed by atoms with van der Waals surface area (Å²) in [6, 6.07) is 1.38. The highest BCUT2D eigenvalue weighted by atomic mass is 31.2. The van der Waals surface area contributed by atoms with Crippen molar-refractivity contribution in [1.29, 1.82) is 0 Å². The molecule has 0 radical (unpaired) electrons. The lowest BCUT2D eigenvalue weighted by atomic mass is 10.0. The van der Waals surface area contributed by atoms with Crippen LogP contribution in [-0.2, 0) is 37.4 Å². The zero-order valence-electron chi connectivity index (χ0n) is 30.9. The van der Waals surface area contributed by atoms with E-state index >= 15 is 0 Å². The summed E-state index contributed by atoms with van der Waals surface area (Å²) < 4.78 is 51.0. The van der Waals surface area contributed by atoms with Crippen molar-refractivity contribution >= 4 is 31.5 Å². The molecule has 1 rings (SSSR count). The highest BCUT2D eigenvalue weighted by Gasteiger charge is 2.25. The van der Waals surface area contributed by atoms with E-state index in [4.69, 9.17) is 44.2 Å². The number of aromatic nitrogens is 2. The van der Waals surface area contributed by atoms with Crippen molar-refractivity contribution in [2.45, 2.75) is 130 Å². The van der Waals surface area contributed by atoms with E-state index in [-0.39, 0.29) is 43.6 Å². The normalized spacial score (nSPS) is 12.9. The molecule has 15 heteroatoms. The van der Waals surface area contributed by atoms with E-state index < -0.39 is 32.6 Å². The van der Waals surface area contributed by atoms with Gasteiger partial charge in [-0.2, -0.15) is 9.97 Å². The van der Waals surface area contributed by atoms with Crippen molar-refractivity contribution in [2.24, 2.45) is 0 Å². The van der Waals surface area contributed by atoms with Crippen LogP contribution < -0.4 is 16.2 Å². The lowest BCUT2D eigenvalue weighted by Crippen LogP contribution is -2.15. The summed E-state index contributed by atoms with van der Waals surface area (Å²) in [6.07, 6.45) is 18.6. The van der Waals surface area contributed by atoms with E-state index in [1.165, 1.54) is 96.1 Å². The number of rotatable bonds is 31. The number of esters is 1. The molecule has 288 valence electrons. The second-order valence-electron chi connectivity index (χ2n) is 12.4. The number of carbonyl (C=O) groups excluding carboxylic acids is 2. The van der Waals surface area contributed by atoms with E-state index in [0.29, 0.717) is 25.2 Å². The molecule has 0 fully saturated rings. The topological polar surface area (TPSA) is 194 Å². The van der Waals surface area contributed by atoms with E-state index in [2.05, 4.69) is 16.9 Å². The summed E-state index contributed by atoms with van der Waals surface area (Å²) in [5, 5.41) is 0. The molecule has 1 atom stereocenters. The average molecular weight is 731 g/mol. The zero-order valence-corrected chi connectivity index (χ0v) is 31.8. The summed E-state index contributed by atoms with van der Waals surface area (Å²) in [6.45, 7) is 7.11. The molecule has 1 unspecified atom stereocenters. The Hall–Kier alpha value is -2.93. The monoisotopic (exact) mass is 730 g/mol. The molecule has 1 aromatic heterocycles. The Balaban J connectivity index is 2.47. The quantitative estimate of drug-likeness (QED) is 0.0244. The maximum atomic E-state index is 13.6. The van der Waals surface area contributed by atoms with Crippen molar-refractivity contribution < 1.29 is 46.9 Å². The molecule has 4 N–H and O–H groups in total. The molecule has 0 spiro atoms. The van der Waals surface area contributed by atoms with Gasteiger partial charge in [0.15, 0.2) is 0 Å². The van der Waals surface area contributed by atoms with Gasteiger partial charge in [-0.05, 0) is 26.7 Å². The van der Waals surface area contributed by atoms with Crippen LogP contribution in [0.4, 0.5) is 16.6 Å². The number of carbonyl (C=O) groups is 2. The molecular weight excluding hydrogens is 667 g/mol. The van der Waals surface area contributed by atoms with Crippen LogP contribution in [0.5, 0.6) is 5.88 Å². The smallest absolute Gasteiger partial charge is 0.473 e. The summed E-state index contributed by atoms with van der Waals surface area (Å²) >= 11 is 0. The largest absolute Gasteiger partial charge is 0.510 e. The first kappa shape index (κ1) is 45.1. The highest BCUT2D eigenvalue weighted by molar-refractivity contribution is 7.54. The third-order valence-electron chi connectivity index (χ3n) is 7.33. The van der Waals surface area contributed by atoms with Gasteiger partial charge in [-0.3, -0.25) is 13.9 Å². The first-order valence-electron chi connectivity index (χ1n) is 18.2. The first-order valence-corrected chi connectivity index (χ1v) is 19.9. The minimum Gasteiger partial charge on any atom is -0.473 e. The highest BCUT2D eigenvalue weighted by Crippen LogP contribution is 2.48. The van der Waals surface area contributed by atoms with Crippen molar-refractivity contribution in [3.63, 3.8) is 0 Å². The number of allylic oxidation sites excluding steroid dienone is 1. The molecule has 1 heterocycles. The average Bonchev–Trinajstić information content (AvgIpc) is 3.04. The lowest BCUT2D eigenvalue weighted by Gasteiger charge is -2.18. The second-order valence-corrected chi connectivity index (χ2v) is 14.5. The predicted molar refractivity (Wildman–Crippen MR) is 194 cm³/mol. The number of nitrogen functional groups attached to an aromatic ring is 2. The molecule has 0 aliphatic rings. The molecule has 1 aromatic rings. The maximum absolute atomic E-state index is 13.6. The van der Waals surface area contributed by atoms with Gasteiger partial charge in [0.05, 0.1) is 18.9 Å². The Labute approximate surface area is 299 Å². The standard InChI is InChI=1S/C35H63N4O10P/c1-5-6-7-8-9-10-11-12-13-14-15-16-17-18-21-43-22-19-23-47-50(42,48-28-46-35(41)49-29(2)3)24-20-31(26-44-30(4)40)27-45-33-25-32(36)38-34(37)39-33/h20,25,29H,5-19,21-24,26-28H2,1-4H3,(H4,36,37,38,39)/b31-20+. The third-order valence-corrected chi connectivity index (χ3v) is 9.04. The molecule has 0 aliphatic heterocycles. The summed E-state index contributed by atoms with van der Waals surface area (Å²) in [7, 11) is -3.84. The Bertz CT molecular complexity index is 1120. The SMILES string of the molecule is CCCCCCCCCCCCCCCCOCCCOP(=O)(C/C=C(\COC(C)=O)COc1cc(N)nc(N)n1)OCOC(=O)OC(C)C. The van der Waals surface area contributed by atoms with Gasteiger partial charge in [0, 0.05) is 31.8 Å². The number of nitrogens with two attached hydrogens (primary N) is 2. The molecule has 50 heavy (non-hydrogen) atoms. The minimum atomic E-state index is -3.84. The van der Waals surface area contributed by atoms with Crippen LogP contribution in [0, 0.1) is 0 Å². The maximum Gasteiger partial charge on any atom is 0.510 e. The molecule has 0 saturated carbocycles. The van der Waals surface area contributed by atoms with Gasteiger partial charge in [-0.15, -0.1) is 0 Å². The zero-order chi connectivity index (χ0) is 36.9. The fraction of sp³-hybridized carbons (Fsp3) is 0.771.